The number of nitrogens with one attached hydrogen (secondary N) is 2. The highest BCUT2D eigenvalue weighted by molar-refractivity contribution is 7.80. The smallest absolute Gasteiger partial charge is 0.187 e. The Bertz CT molecular complexity index is 623. The predicted molar refractivity (Wildman–Crippen MR) is 93.8 cm³/mol. The molecule has 2 aliphatic carbocycles. The van der Waals surface area contributed by atoms with Crippen LogP contribution in [0.2, 0.25) is 10.0 Å². The lowest BCUT2D eigenvalue weighted by molar-refractivity contribution is 0.389. The molecule has 0 saturated heterocycles. The van der Waals surface area contributed by atoms with Gasteiger partial charge in [-0.1, -0.05) is 29.6 Å². The maximum Gasteiger partial charge on any atom is 0.187 e. The summed E-state index contributed by atoms with van der Waals surface area (Å²) < 4.78 is 0. The van der Waals surface area contributed by atoms with E-state index in [9.17, 15) is 5.11 Å². The van der Waals surface area contributed by atoms with E-state index in [0.717, 1.165) is 11.8 Å². The first-order chi connectivity index (χ1) is 10.5. The maximum atomic E-state index is 9.83. The van der Waals surface area contributed by atoms with Crippen LogP contribution in [0, 0.1) is 11.8 Å². The van der Waals surface area contributed by atoms with Crippen LogP contribution in [-0.2, 0) is 0 Å². The molecular weight excluding hydrogens is 341 g/mol. The zero-order chi connectivity index (χ0) is 15.7. The number of halogens is 2. The first-order valence-corrected chi connectivity index (χ1v) is 8.47. The van der Waals surface area contributed by atoms with Crippen molar-refractivity contribution in [2.24, 2.45) is 16.9 Å². The summed E-state index contributed by atoms with van der Waals surface area (Å²) in [5, 5.41) is 18.3. The van der Waals surface area contributed by atoms with Gasteiger partial charge in [0.15, 0.2) is 5.11 Å². The van der Waals surface area contributed by atoms with Crippen molar-refractivity contribution in [3.05, 3.63) is 27.7 Å². The van der Waals surface area contributed by atoms with Crippen molar-refractivity contribution in [1.29, 1.82) is 0 Å². The van der Waals surface area contributed by atoms with Crippen LogP contribution in [0.4, 0.5) is 0 Å². The first-order valence-electron chi connectivity index (χ1n) is 7.30. The molecule has 0 unspecified atom stereocenters. The quantitative estimate of drug-likeness (QED) is 0.438. The topological polar surface area (TPSA) is 56.7 Å². The molecule has 3 atom stereocenters. The van der Waals surface area contributed by atoms with Crippen LogP contribution in [0.5, 0.6) is 5.75 Å². The van der Waals surface area contributed by atoms with Crippen molar-refractivity contribution in [2.45, 2.75) is 31.7 Å². The van der Waals surface area contributed by atoms with E-state index in [0.29, 0.717) is 21.7 Å². The molecule has 22 heavy (non-hydrogen) atoms. The van der Waals surface area contributed by atoms with Gasteiger partial charge in [-0.2, -0.15) is 5.10 Å². The van der Waals surface area contributed by atoms with Crippen LogP contribution < -0.4 is 10.7 Å². The first kappa shape index (κ1) is 15.8. The van der Waals surface area contributed by atoms with Crippen LogP contribution in [-0.4, -0.2) is 22.5 Å². The second kappa shape index (κ2) is 6.60. The van der Waals surface area contributed by atoms with Crippen molar-refractivity contribution < 1.29 is 5.11 Å². The minimum atomic E-state index is -0.0522. The summed E-state index contributed by atoms with van der Waals surface area (Å²) in [6.07, 6.45) is 6.61. The van der Waals surface area contributed by atoms with E-state index in [1.807, 2.05) is 0 Å². The minimum Gasteiger partial charge on any atom is -0.506 e. The lowest BCUT2D eigenvalue weighted by Crippen LogP contribution is -2.42. The molecule has 0 radical (unpaired) electrons. The second-order valence-electron chi connectivity index (χ2n) is 5.95. The molecule has 3 N–H and O–H groups in total. The molecular formula is C15H17Cl2N3OS. The summed E-state index contributed by atoms with van der Waals surface area (Å²) in [6, 6.07) is 3.52. The standard InChI is InChI=1S/C15H17Cl2N3OS/c16-11-5-10(14(21)12(17)6-11)7-18-20-15(22)19-13-4-8-1-2-9(13)3-8/h5-9,13,21H,1-4H2,(H2,19,20,22)/b18-7+/t8-,9+,13-/m1/s1. The van der Waals surface area contributed by atoms with Crippen molar-refractivity contribution in [2.75, 3.05) is 0 Å². The largest absolute Gasteiger partial charge is 0.506 e. The number of phenolic OH excluding ortho intramolecular Hbond substituents is 1. The highest BCUT2D eigenvalue weighted by Crippen LogP contribution is 2.44. The Morgan fingerprint density at radius 3 is 2.82 bits per heavy atom. The van der Waals surface area contributed by atoms with Gasteiger partial charge < -0.3 is 10.4 Å². The summed E-state index contributed by atoms with van der Waals surface area (Å²) in [5.41, 5.74) is 3.21. The van der Waals surface area contributed by atoms with Crippen molar-refractivity contribution in [3.63, 3.8) is 0 Å². The van der Waals surface area contributed by atoms with Crippen molar-refractivity contribution in [1.82, 2.24) is 10.7 Å². The Morgan fingerprint density at radius 2 is 2.14 bits per heavy atom. The molecule has 2 fully saturated rings. The number of hydrogen-bond donors (Lipinski definition) is 3. The third kappa shape index (κ3) is 3.47. The average molecular weight is 358 g/mol. The fraction of sp³-hybridized carbons (Fsp3) is 0.467. The number of aromatic hydroxyl groups is 1. The SMILES string of the molecule is Oc1c(Cl)cc(Cl)cc1/C=N/NC(=S)N[C@@H]1C[C@@H]2CC[C@H]1C2. The summed E-state index contributed by atoms with van der Waals surface area (Å²) in [5.74, 6) is 1.55. The fourth-order valence-corrected chi connectivity index (χ4v) is 4.18. The third-order valence-corrected chi connectivity index (χ3v) is 5.20. The highest BCUT2D eigenvalue weighted by Gasteiger charge is 2.39. The van der Waals surface area contributed by atoms with Gasteiger partial charge in [0.05, 0.1) is 11.2 Å². The van der Waals surface area contributed by atoms with Crippen LogP contribution in [0.1, 0.15) is 31.2 Å². The van der Waals surface area contributed by atoms with Gasteiger partial charge in [-0.15, -0.1) is 0 Å². The number of fused-ring (bicyclic) bond motifs is 2. The number of thiocarbonyl (C=S) groups is 1. The number of rotatable bonds is 3. The molecule has 0 amide bonds. The molecule has 0 aromatic heterocycles. The van der Waals surface area contributed by atoms with Gasteiger partial charge in [0, 0.05) is 16.6 Å². The van der Waals surface area contributed by atoms with E-state index >= 15 is 0 Å². The Balaban J connectivity index is 1.55. The number of hydrazone groups is 1. The second-order valence-corrected chi connectivity index (χ2v) is 7.20. The Kier molecular flexibility index (Phi) is 4.76. The molecule has 0 aliphatic heterocycles. The molecule has 0 heterocycles. The summed E-state index contributed by atoms with van der Waals surface area (Å²) in [4.78, 5) is 0. The fourth-order valence-electron chi connectivity index (χ4n) is 3.47. The van der Waals surface area contributed by atoms with E-state index in [4.69, 9.17) is 35.4 Å². The summed E-state index contributed by atoms with van der Waals surface area (Å²) in [7, 11) is 0. The molecule has 4 nitrogen and oxygen atoms in total. The Hall–Kier alpha value is -1.04. The molecule has 7 heteroatoms. The molecule has 3 rings (SSSR count). The minimum absolute atomic E-state index is 0.0522. The number of hydrogen-bond acceptors (Lipinski definition) is 3. The highest BCUT2D eigenvalue weighted by atomic mass is 35.5. The molecule has 2 saturated carbocycles. The van der Waals surface area contributed by atoms with Crippen LogP contribution in [0.15, 0.2) is 17.2 Å². The number of nitrogens with zero attached hydrogens (tertiary/aromatic N) is 1. The molecule has 118 valence electrons. The zero-order valence-electron chi connectivity index (χ0n) is 11.9. The maximum absolute atomic E-state index is 9.83. The van der Waals surface area contributed by atoms with E-state index in [2.05, 4.69) is 15.8 Å². The van der Waals surface area contributed by atoms with E-state index in [1.54, 1.807) is 6.07 Å². The zero-order valence-corrected chi connectivity index (χ0v) is 14.2. The summed E-state index contributed by atoms with van der Waals surface area (Å²) in [6.45, 7) is 0. The van der Waals surface area contributed by atoms with E-state index < -0.39 is 0 Å². The van der Waals surface area contributed by atoms with Gasteiger partial charge >= 0.3 is 0 Å². The van der Waals surface area contributed by atoms with Crippen LogP contribution in [0.25, 0.3) is 0 Å². The molecule has 2 aliphatic rings. The van der Waals surface area contributed by atoms with Gasteiger partial charge in [-0.25, -0.2) is 0 Å². The van der Waals surface area contributed by atoms with E-state index in [1.165, 1.54) is 38.0 Å². The van der Waals surface area contributed by atoms with Crippen molar-refractivity contribution in [3.8, 4) is 5.75 Å². The van der Waals surface area contributed by atoms with Gasteiger partial charge in [-0.05, 0) is 55.4 Å². The van der Waals surface area contributed by atoms with Gasteiger partial charge in [0.2, 0.25) is 0 Å². The molecule has 1 aromatic rings. The van der Waals surface area contributed by atoms with Crippen LogP contribution in [0.3, 0.4) is 0 Å². The number of benzene rings is 1. The summed E-state index contributed by atoms with van der Waals surface area (Å²) >= 11 is 17.0. The van der Waals surface area contributed by atoms with Gasteiger partial charge in [-0.3, -0.25) is 5.43 Å². The monoisotopic (exact) mass is 357 g/mol. The third-order valence-electron chi connectivity index (χ3n) is 4.48. The average Bonchev–Trinajstić information content (AvgIpc) is 3.06. The van der Waals surface area contributed by atoms with Gasteiger partial charge in [0.25, 0.3) is 0 Å². The predicted octanol–water partition coefficient (Wildman–Crippen LogP) is 3.69. The van der Waals surface area contributed by atoms with Crippen LogP contribution >= 0.6 is 35.4 Å². The molecule has 1 aromatic carbocycles. The lowest BCUT2D eigenvalue weighted by atomic mass is 9.96. The normalized spacial score (nSPS) is 26.5. The molecule has 2 bridgehead atoms. The van der Waals surface area contributed by atoms with Crippen molar-refractivity contribution >= 4 is 46.7 Å². The van der Waals surface area contributed by atoms with E-state index in [-0.39, 0.29) is 10.8 Å². The Morgan fingerprint density at radius 1 is 1.32 bits per heavy atom. The lowest BCUT2D eigenvalue weighted by Gasteiger charge is -2.23. The Labute approximate surface area is 144 Å². The van der Waals surface area contributed by atoms with Gasteiger partial charge in [0.1, 0.15) is 5.75 Å². The number of phenols is 1. The molecule has 0 spiro atoms.